The first-order valence-electron chi connectivity index (χ1n) is 5.93. The summed E-state index contributed by atoms with van der Waals surface area (Å²) in [5.74, 6) is 0.748. The Balaban J connectivity index is 2.11. The van der Waals surface area contributed by atoms with E-state index in [0.717, 1.165) is 17.2 Å². The van der Waals surface area contributed by atoms with Crippen LogP contribution in [0.4, 0.5) is 11.5 Å². The Labute approximate surface area is 112 Å². The summed E-state index contributed by atoms with van der Waals surface area (Å²) in [6.45, 7) is 0.645. The lowest BCUT2D eigenvalue weighted by Gasteiger charge is -2.18. The number of hydrogen-bond donors (Lipinski definition) is 1. The summed E-state index contributed by atoms with van der Waals surface area (Å²) < 4.78 is 0. The first-order valence-corrected chi connectivity index (χ1v) is 5.93. The minimum absolute atomic E-state index is 0.645. The Morgan fingerprint density at radius 3 is 2.79 bits per heavy atom. The molecule has 0 atom stereocenters. The number of nitrogens with zero attached hydrogens (tertiary/aromatic N) is 4. The zero-order valence-corrected chi connectivity index (χ0v) is 11.0. The molecule has 0 saturated heterocycles. The molecule has 0 radical (unpaired) electrons. The van der Waals surface area contributed by atoms with Gasteiger partial charge in [-0.15, -0.1) is 0 Å². The van der Waals surface area contributed by atoms with Crippen molar-refractivity contribution in [2.45, 2.75) is 6.54 Å². The summed E-state index contributed by atoms with van der Waals surface area (Å²) >= 11 is 0. The smallest absolute Gasteiger partial charge is 0.144 e. The van der Waals surface area contributed by atoms with Crippen molar-refractivity contribution in [3.05, 3.63) is 47.9 Å². The molecule has 1 aromatic carbocycles. The van der Waals surface area contributed by atoms with E-state index in [1.54, 1.807) is 18.5 Å². The van der Waals surface area contributed by atoms with Crippen molar-refractivity contribution in [3.63, 3.8) is 0 Å². The maximum absolute atomic E-state index is 8.89. The van der Waals surface area contributed by atoms with Crippen LogP contribution >= 0.6 is 0 Å². The summed E-state index contributed by atoms with van der Waals surface area (Å²) in [6, 6.07) is 9.63. The van der Waals surface area contributed by atoms with Crippen molar-refractivity contribution >= 4 is 11.5 Å². The highest BCUT2D eigenvalue weighted by molar-refractivity contribution is 5.51. The van der Waals surface area contributed by atoms with E-state index in [1.807, 2.05) is 37.2 Å². The molecule has 0 amide bonds. The maximum atomic E-state index is 8.89. The van der Waals surface area contributed by atoms with Gasteiger partial charge in [-0.05, 0) is 18.2 Å². The number of nitrogens with one attached hydrogen (secondary N) is 1. The van der Waals surface area contributed by atoms with E-state index in [0.29, 0.717) is 12.1 Å². The number of benzene rings is 1. The van der Waals surface area contributed by atoms with Crippen LogP contribution in [0, 0.1) is 11.3 Å². The van der Waals surface area contributed by atoms with Crippen LogP contribution < -0.4 is 10.2 Å². The number of hydrogen-bond acceptors (Lipinski definition) is 5. The Hall–Kier alpha value is -2.61. The highest BCUT2D eigenvalue weighted by atomic mass is 15.1. The lowest BCUT2D eigenvalue weighted by atomic mass is 10.2. The zero-order valence-electron chi connectivity index (χ0n) is 11.0. The average molecular weight is 253 g/mol. The molecular formula is C14H15N5. The topological polar surface area (TPSA) is 64.8 Å². The third-order valence-corrected chi connectivity index (χ3v) is 2.78. The molecule has 0 aliphatic rings. The standard InChI is InChI=1S/C14H15N5/c1-16-14-9-17-12(8-18-14)10-19(2)13-5-3-4-11(6-13)7-15/h3-6,8-9H,10H2,1-2H3,(H,16,18). The van der Waals surface area contributed by atoms with Crippen LogP contribution in [0.1, 0.15) is 11.3 Å². The Morgan fingerprint density at radius 2 is 2.16 bits per heavy atom. The zero-order chi connectivity index (χ0) is 13.7. The van der Waals surface area contributed by atoms with Gasteiger partial charge in [0.25, 0.3) is 0 Å². The molecule has 0 saturated carbocycles. The lowest BCUT2D eigenvalue weighted by Crippen LogP contribution is -2.17. The van der Waals surface area contributed by atoms with Crippen LogP contribution in [-0.4, -0.2) is 24.1 Å². The lowest BCUT2D eigenvalue weighted by molar-refractivity contribution is 0.874. The van der Waals surface area contributed by atoms with Gasteiger partial charge in [0, 0.05) is 19.8 Å². The molecule has 5 nitrogen and oxygen atoms in total. The number of aromatic nitrogens is 2. The summed E-state index contributed by atoms with van der Waals surface area (Å²) in [5.41, 5.74) is 2.52. The Bertz CT molecular complexity index is 586. The molecule has 0 spiro atoms. The van der Waals surface area contributed by atoms with Crippen molar-refractivity contribution in [3.8, 4) is 6.07 Å². The predicted molar refractivity (Wildman–Crippen MR) is 74.8 cm³/mol. The third kappa shape index (κ3) is 3.19. The van der Waals surface area contributed by atoms with Gasteiger partial charge in [-0.25, -0.2) is 4.98 Å². The second kappa shape index (κ2) is 5.83. The van der Waals surface area contributed by atoms with Crippen LogP contribution in [0.5, 0.6) is 0 Å². The molecule has 0 fully saturated rings. The normalized spacial score (nSPS) is 9.74. The number of anilines is 2. The van der Waals surface area contributed by atoms with E-state index in [9.17, 15) is 0 Å². The van der Waals surface area contributed by atoms with Gasteiger partial charge >= 0.3 is 0 Å². The molecular weight excluding hydrogens is 238 g/mol. The minimum Gasteiger partial charge on any atom is -0.372 e. The van der Waals surface area contributed by atoms with Gasteiger partial charge in [-0.1, -0.05) is 6.07 Å². The van der Waals surface area contributed by atoms with E-state index in [-0.39, 0.29) is 0 Å². The molecule has 5 heteroatoms. The molecule has 96 valence electrons. The quantitative estimate of drug-likeness (QED) is 0.903. The van der Waals surface area contributed by atoms with Crippen LogP contribution in [0.2, 0.25) is 0 Å². The van der Waals surface area contributed by atoms with Crippen molar-refractivity contribution < 1.29 is 0 Å². The largest absolute Gasteiger partial charge is 0.372 e. The summed E-state index contributed by atoms with van der Waals surface area (Å²) in [4.78, 5) is 10.6. The average Bonchev–Trinajstić information content (AvgIpc) is 2.48. The SMILES string of the molecule is CNc1cnc(CN(C)c2cccc(C#N)c2)cn1. The molecule has 2 aromatic rings. The number of nitriles is 1. The molecule has 0 aliphatic heterocycles. The summed E-state index contributed by atoms with van der Waals surface area (Å²) in [6.07, 6.45) is 3.45. The van der Waals surface area contributed by atoms with E-state index >= 15 is 0 Å². The molecule has 1 heterocycles. The first-order chi connectivity index (χ1) is 9.22. The van der Waals surface area contributed by atoms with Crippen molar-refractivity contribution in [2.75, 3.05) is 24.3 Å². The monoisotopic (exact) mass is 253 g/mol. The predicted octanol–water partition coefficient (Wildman–Crippen LogP) is 2.03. The second-order valence-electron chi connectivity index (χ2n) is 4.16. The second-order valence-corrected chi connectivity index (χ2v) is 4.16. The van der Waals surface area contributed by atoms with Gasteiger partial charge < -0.3 is 10.2 Å². The number of rotatable bonds is 4. The maximum Gasteiger partial charge on any atom is 0.144 e. The van der Waals surface area contributed by atoms with Gasteiger partial charge in [0.05, 0.1) is 36.3 Å². The van der Waals surface area contributed by atoms with Crippen LogP contribution in [0.25, 0.3) is 0 Å². The molecule has 2 rings (SSSR count). The van der Waals surface area contributed by atoms with E-state index < -0.39 is 0 Å². The van der Waals surface area contributed by atoms with E-state index in [4.69, 9.17) is 5.26 Å². The first kappa shape index (κ1) is 12.8. The van der Waals surface area contributed by atoms with Crippen molar-refractivity contribution in [1.29, 1.82) is 5.26 Å². The van der Waals surface area contributed by atoms with Crippen molar-refractivity contribution in [2.24, 2.45) is 0 Å². The molecule has 0 aliphatic carbocycles. The van der Waals surface area contributed by atoms with Crippen molar-refractivity contribution in [1.82, 2.24) is 9.97 Å². The Kier molecular flexibility index (Phi) is 3.94. The molecule has 0 bridgehead atoms. The van der Waals surface area contributed by atoms with Crippen LogP contribution in [0.15, 0.2) is 36.7 Å². The van der Waals surface area contributed by atoms with Gasteiger partial charge in [-0.3, -0.25) is 4.98 Å². The molecule has 1 N–H and O–H groups in total. The Morgan fingerprint density at radius 1 is 1.32 bits per heavy atom. The van der Waals surface area contributed by atoms with Crippen LogP contribution in [-0.2, 0) is 6.54 Å². The van der Waals surface area contributed by atoms with Gasteiger partial charge in [0.1, 0.15) is 5.82 Å². The highest BCUT2D eigenvalue weighted by Crippen LogP contribution is 2.16. The fourth-order valence-electron chi connectivity index (χ4n) is 1.71. The van der Waals surface area contributed by atoms with Crippen LogP contribution in [0.3, 0.4) is 0 Å². The van der Waals surface area contributed by atoms with E-state index in [2.05, 4.69) is 21.4 Å². The molecule has 1 aromatic heterocycles. The van der Waals surface area contributed by atoms with Gasteiger partial charge in [0.2, 0.25) is 0 Å². The minimum atomic E-state index is 0.645. The summed E-state index contributed by atoms with van der Waals surface area (Å²) in [7, 11) is 3.77. The molecule has 0 unspecified atom stereocenters. The van der Waals surface area contributed by atoms with E-state index in [1.165, 1.54) is 0 Å². The highest BCUT2D eigenvalue weighted by Gasteiger charge is 2.04. The third-order valence-electron chi connectivity index (χ3n) is 2.78. The molecule has 19 heavy (non-hydrogen) atoms. The van der Waals surface area contributed by atoms with Gasteiger partial charge in [0.15, 0.2) is 0 Å². The fraction of sp³-hybridized carbons (Fsp3) is 0.214. The summed E-state index contributed by atoms with van der Waals surface area (Å²) in [5, 5.41) is 11.8. The fourth-order valence-corrected chi connectivity index (χ4v) is 1.71. The van der Waals surface area contributed by atoms with Gasteiger partial charge in [-0.2, -0.15) is 5.26 Å².